The van der Waals surface area contributed by atoms with E-state index in [1.807, 2.05) is 19.1 Å². The normalized spacial score (nSPS) is 10.9. The van der Waals surface area contributed by atoms with Gasteiger partial charge < -0.3 is 10.1 Å². The van der Waals surface area contributed by atoms with Crippen LogP contribution < -0.4 is 10.1 Å². The van der Waals surface area contributed by atoms with Gasteiger partial charge in [0, 0.05) is 17.0 Å². The van der Waals surface area contributed by atoms with Crippen molar-refractivity contribution in [2.75, 3.05) is 19.0 Å². The summed E-state index contributed by atoms with van der Waals surface area (Å²) >= 11 is 7.67. The van der Waals surface area contributed by atoms with Crippen LogP contribution in [0.2, 0.25) is 5.28 Å². The van der Waals surface area contributed by atoms with Crippen molar-refractivity contribution in [1.82, 2.24) is 9.97 Å². The maximum atomic E-state index is 6.03. The maximum Gasteiger partial charge on any atom is 0.225 e. The summed E-state index contributed by atoms with van der Waals surface area (Å²) in [5, 5.41) is 4.58. The lowest BCUT2D eigenvalue weighted by Crippen LogP contribution is -2.01. The van der Waals surface area contributed by atoms with Crippen molar-refractivity contribution < 1.29 is 4.74 Å². The lowest BCUT2D eigenvalue weighted by atomic mass is 10.0. The van der Waals surface area contributed by atoms with Crippen LogP contribution in [-0.4, -0.2) is 23.6 Å². The standard InChI is InChI=1S/C16H16ClN3OS/c1-4-18-14-13-12(10-5-7-11(21-3)8-6-10)9(2)22-15(13)20-16(17)19-14/h5-8H,4H2,1-3H3,(H,18,19,20). The lowest BCUT2D eigenvalue weighted by Gasteiger charge is -2.08. The number of rotatable bonds is 4. The van der Waals surface area contributed by atoms with Crippen molar-refractivity contribution in [3.05, 3.63) is 34.4 Å². The fraction of sp³-hybridized carbons (Fsp3) is 0.250. The number of anilines is 1. The van der Waals surface area contributed by atoms with E-state index in [-0.39, 0.29) is 5.28 Å². The largest absolute Gasteiger partial charge is 0.497 e. The van der Waals surface area contributed by atoms with E-state index in [9.17, 15) is 0 Å². The molecular weight excluding hydrogens is 318 g/mol. The molecule has 0 aliphatic rings. The first kappa shape index (κ1) is 15.1. The third-order valence-corrected chi connectivity index (χ3v) is 4.59. The predicted molar refractivity (Wildman–Crippen MR) is 93.3 cm³/mol. The monoisotopic (exact) mass is 333 g/mol. The number of fused-ring (bicyclic) bond motifs is 1. The Kier molecular flexibility index (Phi) is 4.18. The van der Waals surface area contributed by atoms with E-state index in [1.54, 1.807) is 18.4 Å². The molecule has 0 atom stereocenters. The summed E-state index contributed by atoms with van der Waals surface area (Å²) < 4.78 is 5.23. The number of methoxy groups -OCH3 is 1. The molecule has 3 aromatic rings. The first-order valence-electron chi connectivity index (χ1n) is 6.99. The molecule has 0 amide bonds. The highest BCUT2D eigenvalue weighted by molar-refractivity contribution is 7.19. The van der Waals surface area contributed by atoms with Gasteiger partial charge in [0.15, 0.2) is 0 Å². The van der Waals surface area contributed by atoms with Crippen molar-refractivity contribution in [2.45, 2.75) is 13.8 Å². The lowest BCUT2D eigenvalue weighted by molar-refractivity contribution is 0.415. The summed E-state index contributed by atoms with van der Waals surface area (Å²) in [4.78, 5) is 10.8. The van der Waals surface area contributed by atoms with E-state index < -0.39 is 0 Å². The molecule has 0 bridgehead atoms. The van der Waals surface area contributed by atoms with Gasteiger partial charge in [0.1, 0.15) is 16.4 Å². The second-order valence-corrected chi connectivity index (χ2v) is 6.35. The van der Waals surface area contributed by atoms with Crippen LogP contribution in [0, 0.1) is 6.92 Å². The van der Waals surface area contributed by atoms with E-state index in [1.165, 1.54) is 4.88 Å². The Morgan fingerprint density at radius 2 is 1.95 bits per heavy atom. The molecule has 4 nitrogen and oxygen atoms in total. The van der Waals surface area contributed by atoms with Gasteiger partial charge in [0.2, 0.25) is 5.28 Å². The molecule has 22 heavy (non-hydrogen) atoms. The van der Waals surface area contributed by atoms with E-state index in [0.29, 0.717) is 0 Å². The van der Waals surface area contributed by atoms with Crippen LogP contribution in [0.15, 0.2) is 24.3 Å². The van der Waals surface area contributed by atoms with Crippen molar-refractivity contribution in [3.8, 4) is 16.9 Å². The van der Waals surface area contributed by atoms with Gasteiger partial charge >= 0.3 is 0 Å². The number of halogens is 1. The number of hydrogen-bond acceptors (Lipinski definition) is 5. The molecule has 2 heterocycles. The molecule has 6 heteroatoms. The topological polar surface area (TPSA) is 47.0 Å². The smallest absolute Gasteiger partial charge is 0.225 e. The molecule has 0 unspecified atom stereocenters. The average molecular weight is 334 g/mol. The van der Waals surface area contributed by atoms with Crippen molar-refractivity contribution in [1.29, 1.82) is 0 Å². The predicted octanol–water partition coefficient (Wildman–Crippen LogP) is 4.76. The second kappa shape index (κ2) is 6.10. The van der Waals surface area contributed by atoms with Crippen LogP contribution in [0.4, 0.5) is 5.82 Å². The van der Waals surface area contributed by atoms with Crippen molar-refractivity contribution >= 4 is 39.0 Å². The Morgan fingerprint density at radius 3 is 2.59 bits per heavy atom. The zero-order valence-corrected chi connectivity index (χ0v) is 14.2. The van der Waals surface area contributed by atoms with Gasteiger partial charge in [0.05, 0.1) is 12.5 Å². The van der Waals surface area contributed by atoms with E-state index in [0.717, 1.165) is 39.5 Å². The molecule has 0 saturated carbocycles. The molecule has 0 saturated heterocycles. The molecule has 0 aliphatic heterocycles. The first-order chi connectivity index (χ1) is 10.6. The van der Waals surface area contributed by atoms with Gasteiger partial charge in [-0.1, -0.05) is 12.1 Å². The molecule has 0 spiro atoms. The van der Waals surface area contributed by atoms with Crippen molar-refractivity contribution in [3.63, 3.8) is 0 Å². The summed E-state index contributed by atoms with van der Waals surface area (Å²) in [7, 11) is 1.67. The minimum atomic E-state index is 0.269. The molecule has 0 radical (unpaired) electrons. The molecule has 0 fully saturated rings. The molecule has 2 aromatic heterocycles. The number of ether oxygens (including phenoxy) is 1. The van der Waals surface area contributed by atoms with Crippen LogP contribution in [-0.2, 0) is 0 Å². The molecular formula is C16H16ClN3OS. The summed E-state index contributed by atoms with van der Waals surface area (Å²) in [6.07, 6.45) is 0. The summed E-state index contributed by atoms with van der Waals surface area (Å²) in [5.74, 6) is 1.62. The van der Waals surface area contributed by atoms with Gasteiger partial charge in [-0.3, -0.25) is 0 Å². The minimum Gasteiger partial charge on any atom is -0.497 e. The third-order valence-electron chi connectivity index (χ3n) is 3.42. The second-order valence-electron chi connectivity index (χ2n) is 4.81. The van der Waals surface area contributed by atoms with Crippen LogP contribution in [0.3, 0.4) is 0 Å². The highest BCUT2D eigenvalue weighted by atomic mass is 35.5. The zero-order valence-electron chi connectivity index (χ0n) is 12.6. The Balaban J connectivity index is 2.25. The molecule has 1 N–H and O–H groups in total. The molecule has 0 aliphatic carbocycles. The third kappa shape index (κ3) is 2.62. The minimum absolute atomic E-state index is 0.269. The van der Waals surface area contributed by atoms with Gasteiger partial charge in [-0.05, 0) is 43.1 Å². The van der Waals surface area contributed by atoms with E-state index in [2.05, 4.69) is 34.3 Å². The van der Waals surface area contributed by atoms with Gasteiger partial charge in [-0.25, -0.2) is 9.97 Å². The first-order valence-corrected chi connectivity index (χ1v) is 8.18. The number of benzene rings is 1. The Hall–Kier alpha value is -1.85. The number of aromatic nitrogens is 2. The van der Waals surface area contributed by atoms with E-state index in [4.69, 9.17) is 16.3 Å². The Labute approximate surface area is 138 Å². The molecule has 1 aromatic carbocycles. The van der Waals surface area contributed by atoms with Gasteiger partial charge in [-0.2, -0.15) is 0 Å². The summed E-state index contributed by atoms with van der Waals surface area (Å²) in [6.45, 7) is 4.91. The highest BCUT2D eigenvalue weighted by Crippen LogP contribution is 2.41. The van der Waals surface area contributed by atoms with Gasteiger partial charge in [-0.15, -0.1) is 11.3 Å². The summed E-state index contributed by atoms with van der Waals surface area (Å²) in [6, 6.07) is 8.03. The van der Waals surface area contributed by atoms with Gasteiger partial charge in [0.25, 0.3) is 0 Å². The molecule has 3 rings (SSSR count). The number of aryl methyl sites for hydroxylation is 1. The maximum absolute atomic E-state index is 6.03. The fourth-order valence-corrected chi connectivity index (χ4v) is 3.75. The van der Waals surface area contributed by atoms with Crippen LogP contribution in [0.25, 0.3) is 21.3 Å². The van der Waals surface area contributed by atoms with E-state index >= 15 is 0 Å². The van der Waals surface area contributed by atoms with Crippen LogP contribution in [0.1, 0.15) is 11.8 Å². The number of hydrogen-bond donors (Lipinski definition) is 1. The SMILES string of the molecule is CCNc1nc(Cl)nc2sc(C)c(-c3ccc(OC)cc3)c12. The average Bonchev–Trinajstić information content (AvgIpc) is 2.83. The number of thiophene rings is 1. The van der Waals surface area contributed by atoms with Crippen molar-refractivity contribution in [2.24, 2.45) is 0 Å². The van der Waals surface area contributed by atoms with Crippen LogP contribution in [0.5, 0.6) is 5.75 Å². The Bertz CT molecular complexity index is 814. The highest BCUT2D eigenvalue weighted by Gasteiger charge is 2.17. The fourth-order valence-electron chi connectivity index (χ4n) is 2.49. The van der Waals surface area contributed by atoms with Crippen LogP contribution >= 0.6 is 22.9 Å². The Morgan fingerprint density at radius 1 is 1.23 bits per heavy atom. The quantitative estimate of drug-likeness (QED) is 0.699. The number of nitrogens with zero attached hydrogens (tertiary/aromatic N) is 2. The summed E-state index contributed by atoms with van der Waals surface area (Å²) in [5.41, 5.74) is 2.27. The molecule has 114 valence electrons. The zero-order chi connectivity index (χ0) is 15.7. The number of nitrogens with one attached hydrogen (secondary N) is 1.